The largest absolute Gasteiger partial charge is 0.304 e. The molecular weight excluding hydrogens is 374 g/mol. The molecule has 26 heavy (non-hydrogen) atoms. The minimum atomic E-state index is -3.58. The number of piperidine rings is 1. The summed E-state index contributed by atoms with van der Waals surface area (Å²) in [6, 6.07) is 5.65. The molecule has 0 aliphatic carbocycles. The third-order valence-electron chi connectivity index (χ3n) is 5.30. The van der Waals surface area contributed by atoms with Crippen LogP contribution in [-0.4, -0.2) is 76.7 Å². The Morgan fingerprint density at radius 2 is 1.12 bits per heavy atom. The highest BCUT2D eigenvalue weighted by Crippen LogP contribution is 2.25. The Labute approximate surface area is 156 Å². The minimum absolute atomic E-state index is 0.147. The van der Waals surface area contributed by atoms with Crippen molar-refractivity contribution in [3.05, 3.63) is 24.3 Å². The molecule has 1 aromatic carbocycles. The number of rotatable bonds is 4. The van der Waals surface area contributed by atoms with Gasteiger partial charge in [0.05, 0.1) is 9.79 Å². The van der Waals surface area contributed by atoms with Gasteiger partial charge in [0.15, 0.2) is 0 Å². The molecule has 0 saturated carbocycles. The molecule has 0 spiro atoms. The molecule has 7 nitrogen and oxygen atoms in total. The predicted octanol–water partition coefficient (Wildman–Crippen LogP) is 1.04. The summed E-state index contributed by atoms with van der Waals surface area (Å²) < 4.78 is 53.9. The second-order valence-electron chi connectivity index (χ2n) is 7.27. The third kappa shape index (κ3) is 3.96. The van der Waals surface area contributed by atoms with Crippen molar-refractivity contribution in [2.45, 2.75) is 29.6 Å². The van der Waals surface area contributed by atoms with E-state index in [9.17, 15) is 16.8 Å². The Balaban J connectivity index is 1.77. The van der Waals surface area contributed by atoms with Crippen molar-refractivity contribution in [3.8, 4) is 0 Å². The fourth-order valence-electron chi connectivity index (χ4n) is 3.34. The first-order valence-electron chi connectivity index (χ1n) is 9.00. The first-order chi connectivity index (χ1) is 12.2. The van der Waals surface area contributed by atoms with Gasteiger partial charge in [-0.05, 0) is 50.1 Å². The lowest BCUT2D eigenvalue weighted by atomic mass is 10.0. The van der Waals surface area contributed by atoms with Crippen LogP contribution in [0.4, 0.5) is 0 Å². The van der Waals surface area contributed by atoms with Crippen LogP contribution in [0.2, 0.25) is 0 Å². The zero-order valence-corrected chi connectivity index (χ0v) is 17.0. The van der Waals surface area contributed by atoms with Crippen molar-refractivity contribution in [2.75, 3.05) is 46.3 Å². The Morgan fingerprint density at radius 1 is 0.731 bits per heavy atom. The van der Waals surface area contributed by atoms with E-state index in [0.717, 1.165) is 12.8 Å². The van der Waals surface area contributed by atoms with Crippen LogP contribution < -0.4 is 0 Å². The van der Waals surface area contributed by atoms with Crippen LogP contribution in [0.1, 0.15) is 19.8 Å². The quantitative estimate of drug-likeness (QED) is 0.753. The lowest BCUT2D eigenvalue weighted by Crippen LogP contribution is -2.47. The zero-order chi connectivity index (χ0) is 18.9. The highest BCUT2D eigenvalue weighted by Gasteiger charge is 2.30. The highest BCUT2D eigenvalue weighted by atomic mass is 32.2. The van der Waals surface area contributed by atoms with Crippen LogP contribution in [0.15, 0.2) is 34.1 Å². The molecule has 0 N–H and O–H groups in total. The maximum Gasteiger partial charge on any atom is 0.243 e. The zero-order valence-electron chi connectivity index (χ0n) is 15.3. The number of hydrogen-bond donors (Lipinski definition) is 0. The van der Waals surface area contributed by atoms with Gasteiger partial charge < -0.3 is 4.90 Å². The van der Waals surface area contributed by atoms with Gasteiger partial charge in [-0.25, -0.2) is 16.8 Å². The molecule has 146 valence electrons. The van der Waals surface area contributed by atoms with Crippen LogP contribution in [0.3, 0.4) is 0 Å². The van der Waals surface area contributed by atoms with Crippen LogP contribution in [-0.2, 0) is 20.0 Å². The average molecular weight is 402 g/mol. The van der Waals surface area contributed by atoms with E-state index in [1.807, 2.05) is 7.05 Å². The Bertz CT molecular complexity index is 750. The van der Waals surface area contributed by atoms with E-state index in [1.54, 1.807) is 0 Å². The summed E-state index contributed by atoms with van der Waals surface area (Å²) in [5.74, 6) is 0.539. The average Bonchev–Trinajstić information content (AvgIpc) is 2.62. The standard InChI is InChI=1S/C17H27N3O4S2/c1-15-7-9-19(10-8-15)25(21,22)16-3-5-17(6-4-16)26(23,24)20-13-11-18(2)12-14-20/h3-6,15H,7-14H2,1-2H3. The number of sulfonamides is 2. The second-order valence-corrected chi connectivity index (χ2v) is 11.1. The summed E-state index contributed by atoms with van der Waals surface area (Å²) in [5, 5.41) is 0. The number of benzene rings is 1. The number of likely N-dealkylation sites (N-methyl/N-ethyl adjacent to an activating group) is 1. The fourth-order valence-corrected chi connectivity index (χ4v) is 6.23. The maximum atomic E-state index is 12.8. The van der Waals surface area contributed by atoms with Crippen LogP contribution in [0, 0.1) is 5.92 Å². The lowest BCUT2D eigenvalue weighted by Gasteiger charge is -2.31. The molecule has 2 aliphatic rings. The third-order valence-corrected chi connectivity index (χ3v) is 9.13. The van der Waals surface area contributed by atoms with Gasteiger partial charge in [-0.3, -0.25) is 0 Å². The summed E-state index contributed by atoms with van der Waals surface area (Å²) in [7, 11) is -5.18. The normalized spacial score (nSPS) is 22.5. The van der Waals surface area contributed by atoms with E-state index >= 15 is 0 Å². The van der Waals surface area contributed by atoms with Gasteiger partial charge in [0.1, 0.15) is 0 Å². The summed E-state index contributed by atoms with van der Waals surface area (Å²) in [6.45, 7) is 5.45. The van der Waals surface area contributed by atoms with Crippen molar-refractivity contribution in [1.82, 2.24) is 13.5 Å². The molecule has 2 saturated heterocycles. The number of hydrogen-bond acceptors (Lipinski definition) is 5. The van der Waals surface area contributed by atoms with Crippen molar-refractivity contribution in [3.63, 3.8) is 0 Å². The molecule has 2 heterocycles. The number of piperazine rings is 1. The smallest absolute Gasteiger partial charge is 0.243 e. The van der Waals surface area contributed by atoms with E-state index in [-0.39, 0.29) is 9.79 Å². The van der Waals surface area contributed by atoms with E-state index in [4.69, 9.17) is 0 Å². The maximum absolute atomic E-state index is 12.8. The molecule has 0 unspecified atom stereocenters. The van der Waals surface area contributed by atoms with Gasteiger partial charge in [0, 0.05) is 39.3 Å². The van der Waals surface area contributed by atoms with Gasteiger partial charge in [-0.1, -0.05) is 6.92 Å². The van der Waals surface area contributed by atoms with E-state index in [0.29, 0.717) is 45.2 Å². The molecule has 0 atom stereocenters. The lowest BCUT2D eigenvalue weighted by molar-refractivity contribution is 0.222. The summed E-state index contributed by atoms with van der Waals surface area (Å²) >= 11 is 0. The van der Waals surface area contributed by atoms with Gasteiger partial charge >= 0.3 is 0 Å². The Morgan fingerprint density at radius 3 is 1.54 bits per heavy atom. The molecule has 0 bridgehead atoms. The molecule has 1 aromatic rings. The molecule has 2 fully saturated rings. The summed E-state index contributed by atoms with van der Waals surface area (Å²) in [5.41, 5.74) is 0. The Kier molecular flexibility index (Phi) is 5.74. The van der Waals surface area contributed by atoms with Crippen molar-refractivity contribution < 1.29 is 16.8 Å². The van der Waals surface area contributed by atoms with Gasteiger partial charge in [0.25, 0.3) is 0 Å². The first-order valence-corrected chi connectivity index (χ1v) is 11.9. The molecule has 0 radical (unpaired) electrons. The molecule has 3 rings (SSSR count). The van der Waals surface area contributed by atoms with Gasteiger partial charge in [-0.2, -0.15) is 8.61 Å². The topological polar surface area (TPSA) is 78.0 Å². The van der Waals surface area contributed by atoms with Crippen LogP contribution in [0.5, 0.6) is 0 Å². The Hall–Kier alpha value is -1.00. The molecule has 9 heteroatoms. The SMILES string of the molecule is CC1CCN(S(=O)(=O)c2ccc(S(=O)(=O)N3CCN(C)CC3)cc2)CC1. The van der Waals surface area contributed by atoms with Gasteiger partial charge in [0.2, 0.25) is 20.0 Å². The molecule has 0 aromatic heterocycles. The summed E-state index contributed by atoms with van der Waals surface area (Å²) in [6.07, 6.45) is 1.71. The fraction of sp³-hybridized carbons (Fsp3) is 0.647. The molecule has 2 aliphatic heterocycles. The monoisotopic (exact) mass is 401 g/mol. The minimum Gasteiger partial charge on any atom is -0.304 e. The molecule has 0 amide bonds. The predicted molar refractivity (Wildman–Crippen MR) is 99.9 cm³/mol. The van der Waals surface area contributed by atoms with Crippen molar-refractivity contribution in [1.29, 1.82) is 0 Å². The summed E-state index contributed by atoms with van der Waals surface area (Å²) in [4.78, 5) is 2.39. The van der Waals surface area contributed by atoms with Crippen LogP contribution in [0.25, 0.3) is 0 Å². The van der Waals surface area contributed by atoms with E-state index < -0.39 is 20.0 Å². The first kappa shape index (κ1) is 19.8. The van der Waals surface area contributed by atoms with Crippen molar-refractivity contribution >= 4 is 20.0 Å². The van der Waals surface area contributed by atoms with E-state index in [2.05, 4.69) is 11.8 Å². The second kappa shape index (κ2) is 7.55. The molecular formula is C17H27N3O4S2. The van der Waals surface area contributed by atoms with Crippen LogP contribution >= 0.6 is 0 Å². The van der Waals surface area contributed by atoms with Gasteiger partial charge in [-0.15, -0.1) is 0 Å². The van der Waals surface area contributed by atoms with Crippen molar-refractivity contribution in [2.24, 2.45) is 5.92 Å². The highest BCUT2D eigenvalue weighted by molar-refractivity contribution is 7.89. The van der Waals surface area contributed by atoms with E-state index in [1.165, 1.54) is 32.9 Å². The number of nitrogens with zero attached hydrogens (tertiary/aromatic N) is 3.